The van der Waals surface area contributed by atoms with Gasteiger partial charge in [0.15, 0.2) is 5.69 Å². The van der Waals surface area contributed by atoms with Crippen LogP contribution in [0.1, 0.15) is 33.7 Å². The van der Waals surface area contributed by atoms with Crippen LogP contribution in [0.25, 0.3) is 0 Å². The Morgan fingerprint density at radius 1 is 1.32 bits per heavy atom. The second-order valence-electron chi connectivity index (χ2n) is 6.56. The Bertz CT molecular complexity index is 1080. The van der Waals surface area contributed by atoms with Crippen molar-refractivity contribution in [1.29, 1.82) is 0 Å². The van der Waals surface area contributed by atoms with Crippen LogP contribution in [0.2, 0.25) is 0 Å². The average molecular weight is 382 g/mol. The Morgan fingerprint density at radius 2 is 2.18 bits per heavy atom. The maximum absolute atomic E-state index is 12.6. The first-order valence-corrected chi connectivity index (χ1v) is 8.68. The number of rotatable bonds is 5. The third-order valence-corrected chi connectivity index (χ3v) is 4.54. The van der Waals surface area contributed by atoms with Gasteiger partial charge in [-0.3, -0.25) is 24.2 Å². The van der Waals surface area contributed by atoms with Gasteiger partial charge < -0.3 is 15.2 Å². The van der Waals surface area contributed by atoms with E-state index in [4.69, 9.17) is 0 Å². The predicted molar refractivity (Wildman–Crippen MR) is 97.2 cm³/mol. The van der Waals surface area contributed by atoms with Gasteiger partial charge >= 0.3 is 0 Å². The highest BCUT2D eigenvalue weighted by molar-refractivity contribution is 6.04. The second-order valence-corrected chi connectivity index (χ2v) is 6.56. The molecule has 11 heteroatoms. The molecular formula is C17H18N8O3. The molecule has 144 valence electrons. The monoisotopic (exact) mass is 382 g/mol. The summed E-state index contributed by atoms with van der Waals surface area (Å²) in [5.41, 5.74) is 2.14. The molecule has 4 heterocycles. The van der Waals surface area contributed by atoms with Gasteiger partial charge in [0.25, 0.3) is 11.5 Å². The third-order valence-electron chi connectivity index (χ3n) is 4.54. The number of anilines is 1. The fraction of sp³-hybridized carbons (Fsp3) is 0.294. The number of hydrogen-bond donors (Lipinski definition) is 3. The number of H-pyrrole nitrogens is 2. The third kappa shape index (κ3) is 3.41. The molecule has 0 spiro atoms. The Labute approximate surface area is 158 Å². The minimum atomic E-state index is -0.495. The summed E-state index contributed by atoms with van der Waals surface area (Å²) in [5.74, 6) is -0.549. The van der Waals surface area contributed by atoms with Crippen molar-refractivity contribution in [3.05, 3.63) is 57.8 Å². The van der Waals surface area contributed by atoms with Crippen LogP contribution in [0.3, 0.4) is 0 Å². The number of carbonyl (C=O) groups excluding carboxylic acids is 2. The van der Waals surface area contributed by atoms with Crippen molar-refractivity contribution in [3.63, 3.8) is 0 Å². The zero-order valence-electron chi connectivity index (χ0n) is 15.1. The molecule has 0 saturated heterocycles. The number of nitrogens with one attached hydrogen (secondary N) is 3. The van der Waals surface area contributed by atoms with Gasteiger partial charge in [0.1, 0.15) is 18.3 Å². The van der Waals surface area contributed by atoms with Gasteiger partial charge in [0.2, 0.25) is 5.91 Å². The van der Waals surface area contributed by atoms with Crippen LogP contribution < -0.4 is 10.9 Å². The minimum Gasteiger partial charge on any atom is -0.332 e. The molecule has 0 fully saturated rings. The predicted octanol–water partition coefficient (Wildman–Crippen LogP) is 0.183. The van der Waals surface area contributed by atoms with Crippen LogP contribution >= 0.6 is 0 Å². The van der Waals surface area contributed by atoms with E-state index in [1.54, 1.807) is 35.1 Å². The summed E-state index contributed by atoms with van der Waals surface area (Å²) in [5, 5.41) is 13.4. The summed E-state index contributed by atoms with van der Waals surface area (Å²) < 4.78 is 1.59. The van der Waals surface area contributed by atoms with E-state index in [2.05, 4.69) is 30.6 Å². The topological polar surface area (TPSA) is 142 Å². The maximum atomic E-state index is 12.6. The highest BCUT2D eigenvalue weighted by Gasteiger charge is 2.30. The van der Waals surface area contributed by atoms with Crippen LogP contribution in [0.15, 0.2) is 29.7 Å². The van der Waals surface area contributed by atoms with Crippen molar-refractivity contribution < 1.29 is 9.59 Å². The van der Waals surface area contributed by atoms with E-state index in [1.165, 1.54) is 6.33 Å². The zero-order valence-corrected chi connectivity index (χ0v) is 15.1. The summed E-state index contributed by atoms with van der Waals surface area (Å²) in [6.45, 7) is 2.89. The number of aryl methyl sites for hydroxylation is 2. The molecule has 0 bridgehead atoms. The summed E-state index contributed by atoms with van der Waals surface area (Å²) in [4.78, 5) is 44.9. The van der Waals surface area contributed by atoms with E-state index in [0.29, 0.717) is 18.7 Å². The van der Waals surface area contributed by atoms with E-state index in [1.807, 2.05) is 0 Å². The number of nitrogens with zero attached hydrogens (tertiary/aromatic N) is 5. The normalized spacial score (nSPS) is 12.8. The molecule has 0 unspecified atom stereocenters. The molecule has 1 aliphatic rings. The van der Waals surface area contributed by atoms with Gasteiger partial charge in [0.05, 0.1) is 25.3 Å². The molecule has 0 aromatic carbocycles. The highest BCUT2D eigenvalue weighted by atomic mass is 16.2. The van der Waals surface area contributed by atoms with Gasteiger partial charge in [-0.05, 0) is 18.6 Å². The van der Waals surface area contributed by atoms with Crippen molar-refractivity contribution in [1.82, 2.24) is 34.8 Å². The number of aromatic nitrogens is 6. The lowest BCUT2D eigenvalue weighted by atomic mass is 10.2. The van der Waals surface area contributed by atoms with E-state index in [0.717, 1.165) is 11.3 Å². The second kappa shape index (κ2) is 7.10. The molecule has 3 aromatic heterocycles. The van der Waals surface area contributed by atoms with Crippen molar-refractivity contribution in [2.45, 2.75) is 33.0 Å². The molecule has 4 rings (SSSR count). The van der Waals surface area contributed by atoms with Crippen molar-refractivity contribution in [3.8, 4) is 0 Å². The number of hydrogen-bond acceptors (Lipinski definition) is 6. The first-order chi connectivity index (χ1) is 13.5. The van der Waals surface area contributed by atoms with Gasteiger partial charge in [-0.1, -0.05) is 0 Å². The number of fused-ring (bicyclic) bond motifs is 1. The number of pyridine rings is 1. The lowest BCUT2D eigenvalue weighted by Gasteiger charge is -2.15. The molecule has 3 aromatic rings. The number of aromatic amines is 2. The van der Waals surface area contributed by atoms with Crippen LogP contribution in [0.4, 0.5) is 5.69 Å². The Hall–Kier alpha value is -3.76. The van der Waals surface area contributed by atoms with Gasteiger partial charge in [-0.25, -0.2) is 4.98 Å². The van der Waals surface area contributed by atoms with Gasteiger partial charge in [-0.15, -0.1) is 0 Å². The Morgan fingerprint density at radius 3 is 2.96 bits per heavy atom. The van der Waals surface area contributed by atoms with Gasteiger partial charge in [0, 0.05) is 18.2 Å². The molecule has 0 radical (unpaired) electrons. The summed E-state index contributed by atoms with van der Waals surface area (Å²) >= 11 is 0. The Kier molecular flexibility index (Phi) is 4.47. The standard InChI is InChI=1S/C17H18N8O3/c1-10-4-12(16(27)19-5-10)21-17(28)15-11-6-24(7-13(11)22-23-15)14(26)2-3-25-9-18-8-20-25/h4-5,8-9H,2-3,6-7H2,1H3,(H,19,27)(H,21,28)(H,22,23). The lowest BCUT2D eigenvalue weighted by molar-refractivity contribution is -0.132. The van der Waals surface area contributed by atoms with Crippen LogP contribution in [0, 0.1) is 6.92 Å². The van der Waals surface area contributed by atoms with Crippen molar-refractivity contribution in [2.75, 3.05) is 5.32 Å². The summed E-state index contributed by atoms with van der Waals surface area (Å²) in [6.07, 6.45) is 4.81. The molecule has 3 N–H and O–H groups in total. The zero-order chi connectivity index (χ0) is 19.7. The van der Waals surface area contributed by atoms with E-state index in [9.17, 15) is 14.4 Å². The molecule has 2 amide bonds. The molecule has 0 atom stereocenters. The first-order valence-electron chi connectivity index (χ1n) is 8.68. The summed E-state index contributed by atoms with van der Waals surface area (Å²) in [7, 11) is 0. The molecule has 0 aliphatic carbocycles. The van der Waals surface area contributed by atoms with Crippen LogP contribution in [-0.2, 0) is 24.4 Å². The largest absolute Gasteiger partial charge is 0.332 e. The molecule has 11 nitrogen and oxygen atoms in total. The molecular weight excluding hydrogens is 364 g/mol. The average Bonchev–Trinajstić information content (AvgIpc) is 3.39. The van der Waals surface area contributed by atoms with E-state index < -0.39 is 11.5 Å². The fourth-order valence-corrected chi connectivity index (χ4v) is 3.09. The van der Waals surface area contributed by atoms with Crippen molar-refractivity contribution >= 4 is 17.5 Å². The van der Waals surface area contributed by atoms with E-state index >= 15 is 0 Å². The lowest BCUT2D eigenvalue weighted by Crippen LogP contribution is -2.27. The highest BCUT2D eigenvalue weighted by Crippen LogP contribution is 2.25. The quantitative estimate of drug-likeness (QED) is 0.575. The van der Waals surface area contributed by atoms with Gasteiger partial charge in [-0.2, -0.15) is 10.2 Å². The molecule has 1 aliphatic heterocycles. The molecule has 0 saturated carbocycles. The van der Waals surface area contributed by atoms with Crippen LogP contribution in [-0.4, -0.2) is 46.7 Å². The smallest absolute Gasteiger partial charge is 0.276 e. The first kappa shape index (κ1) is 17.6. The van der Waals surface area contributed by atoms with Crippen molar-refractivity contribution in [2.24, 2.45) is 0 Å². The molecule has 28 heavy (non-hydrogen) atoms. The number of carbonyl (C=O) groups is 2. The fourth-order valence-electron chi connectivity index (χ4n) is 3.09. The summed E-state index contributed by atoms with van der Waals surface area (Å²) in [6, 6.07) is 1.59. The van der Waals surface area contributed by atoms with E-state index in [-0.39, 0.29) is 30.3 Å². The number of amides is 2. The Balaban J connectivity index is 1.43. The minimum absolute atomic E-state index is 0.0541. The SMILES string of the molecule is Cc1c[nH]c(=O)c(NC(=O)c2n[nH]c3c2CN(C(=O)CCn2cncn2)C3)c1. The van der Waals surface area contributed by atoms with Crippen LogP contribution in [0.5, 0.6) is 0 Å². The maximum Gasteiger partial charge on any atom is 0.276 e.